The fourth-order valence-corrected chi connectivity index (χ4v) is 4.99. The summed E-state index contributed by atoms with van der Waals surface area (Å²) in [5.41, 5.74) is 2.98. The molecule has 3 heterocycles. The highest BCUT2D eigenvalue weighted by Crippen LogP contribution is 2.39. The molecule has 5 rings (SSSR count). The summed E-state index contributed by atoms with van der Waals surface area (Å²) >= 11 is 1.65. The van der Waals surface area contributed by atoms with Crippen LogP contribution in [0.15, 0.2) is 36.4 Å². The topological polar surface area (TPSA) is 54.8 Å². The quantitative estimate of drug-likeness (QED) is 0.713. The van der Waals surface area contributed by atoms with E-state index in [2.05, 4.69) is 17.0 Å². The maximum atomic E-state index is 10.6. The van der Waals surface area contributed by atoms with E-state index < -0.39 is 0 Å². The average Bonchev–Trinajstić information content (AvgIpc) is 3.32. The van der Waals surface area contributed by atoms with E-state index in [0.717, 1.165) is 65.6 Å². The van der Waals surface area contributed by atoms with E-state index in [9.17, 15) is 5.11 Å². The number of aromatic nitrogens is 1. The third kappa shape index (κ3) is 3.60. The number of benzene rings is 2. The number of nitrogens with zero attached hydrogens (tertiary/aromatic N) is 2. The van der Waals surface area contributed by atoms with Crippen molar-refractivity contribution in [2.45, 2.75) is 19.4 Å². The van der Waals surface area contributed by atoms with E-state index in [1.807, 2.05) is 18.2 Å². The van der Waals surface area contributed by atoms with Crippen LogP contribution in [0.4, 0.5) is 0 Å². The van der Waals surface area contributed by atoms with Gasteiger partial charge in [0.05, 0.1) is 10.2 Å². The molecule has 2 aliphatic heterocycles. The van der Waals surface area contributed by atoms with Crippen LogP contribution in [-0.4, -0.2) is 47.9 Å². The van der Waals surface area contributed by atoms with Gasteiger partial charge in [0.1, 0.15) is 11.6 Å². The van der Waals surface area contributed by atoms with Gasteiger partial charge in [-0.3, -0.25) is 4.90 Å². The molecule has 0 aliphatic carbocycles. The molecule has 6 heteroatoms. The number of thiazole rings is 1. The minimum atomic E-state index is 0.206. The lowest BCUT2D eigenvalue weighted by molar-refractivity contribution is 0.174. The Balaban J connectivity index is 1.41. The van der Waals surface area contributed by atoms with Crippen LogP contribution in [0.1, 0.15) is 18.4 Å². The molecule has 0 amide bonds. The highest BCUT2D eigenvalue weighted by atomic mass is 32.1. The Morgan fingerprint density at radius 1 is 1.21 bits per heavy atom. The van der Waals surface area contributed by atoms with Gasteiger partial charge in [-0.1, -0.05) is 12.1 Å². The molecule has 5 nitrogen and oxygen atoms in total. The molecule has 2 aliphatic rings. The minimum Gasteiger partial charge on any atom is -0.504 e. The van der Waals surface area contributed by atoms with Gasteiger partial charge in [0.25, 0.3) is 0 Å². The lowest BCUT2D eigenvalue weighted by Gasteiger charge is -2.21. The molecule has 1 aromatic heterocycles. The van der Waals surface area contributed by atoms with Gasteiger partial charge in [0.2, 0.25) is 0 Å². The highest BCUT2D eigenvalue weighted by Gasteiger charge is 2.22. The second-order valence-electron chi connectivity index (χ2n) is 7.61. The zero-order valence-corrected chi connectivity index (χ0v) is 16.6. The maximum absolute atomic E-state index is 10.6. The Bertz CT molecular complexity index is 948. The van der Waals surface area contributed by atoms with Crippen molar-refractivity contribution >= 4 is 21.6 Å². The molecule has 0 spiro atoms. The predicted molar refractivity (Wildman–Crippen MR) is 111 cm³/mol. The normalized spacial score (nSPS) is 20.1. The van der Waals surface area contributed by atoms with Gasteiger partial charge in [-0.05, 0) is 49.6 Å². The first-order valence-corrected chi connectivity index (χ1v) is 10.7. The van der Waals surface area contributed by atoms with Crippen molar-refractivity contribution in [1.29, 1.82) is 0 Å². The number of phenols is 1. The van der Waals surface area contributed by atoms with Gasteiger partial charge in [0.15, 0.2) is 11.5 Å². The Hall–Kier alpha value is -2.15. The molecule has 1 saturated heterocycles. The third-order valence-electron chi connectivity index (χ3n) is 5.61. The van der Waals surface area contributed by atoms with Crippen molar-refractivity contribution < 1.29 is 14.6 Å². The van der Waals surface area contributed by atoms with Crippen molar-refractivity contribution in [2.24, 2.45) is 5.92 Å². The van der Waals surface area contributed by atoms with Gasteiger partial charge >= 0.3 is 0 Å². The molecule has 1 N–H and O–H groups in total. The van der Waals surface area contributed by atoms with Crippen molar-refractivity contribution in [2.75, 3.05) is 32.9 Å². The summed E-state index contributed by atoms with van der Waals surface area (Å²) in [6.07, 6.45) is 2.32. The second-order valence-corrected chi connectivity index (χ2v) is 8.64. The summed E-state index contributed by atoms with van der Waals surface area (Å²) in [6, 6.07) is 12.0. The summed E-state index contributed by atoms with van der Waals surface area (Å²) in [5, 5.41) is 11.5. The van der Waals surface area contributed by atoms with E-state index in [1.54, 1.807) is 17.4 Å². The van der Waals surface area contributed by atoms with Crippen LogP contribution in [0.3, 0.4) is 0 Å². The van der Waals surface area contributed by atoms with E-state index >= 15 is 0 Å². The predicted octanol–water partition coefficient (Wildman–Crippen LogP) is 4.29. The van der Waals surface area contributed by atoms with Crippen LogP contribution >= 0.6 is 11.3 Å². The van der Waals surface area contributed by atoms with E-state index in [4.69, 9.17) is 14.5 Å². The van der Waals surface area contributed by atoms with Crippen LogP contribution in [0.5, 0.6) is 11.5 Å². The fraction of sp³-hybridized carbons (Fsp3) is 0.409. The smallest absolute Gasteiger partial charge is 0.165 e. The highest BCUT2D eigenvalue weighted by molar-refractivity contribution is 7.21. The lowest BCUT2D eigenvalue weighted by atomic mass is 10.0. The monoisotopic (exact) mass is 396 g/mol. The van der Waals surface area contributed by atoms with E-state index in [-0.39, 0.29) is 5.75 Å². The van der Waals surface area contributed by atoms with E-state index in [0.29, 0.717) is 18.3 Å². The molecule has 2 aromatic carbocycles. The summed E-state index contributed by atoms with van der Waals surface area (Å²) in [4.78, 5) is 7.17. The standard InChI is InChI=1S/C22H24N2O3S/c25-19-12-16(22-23-18-3-1-2-4-20(18)28-22)11-17-13-24(8-10-27-21(17)19)7-5-15-6-9-26-14-15/h1-4,11-12,15,25H,5-10,13-14H2/t15-/m0/s1. The van der Waals surface area contributed by atoms with Crippen molar-refractivity contribution in [3.63, 3.8) is 0 Å². The van der Waals surface area contributed by atoms with Crippen molar-refractivity contribution in [1.82, 2.24) is 9.88 Å². The number of aromatic hydroxyl groups is 1. The first-order chi connectivity index (χ1) is 13.8. The average molecular weight is 397 g/mol. The van der Waals surface area contributed by atoms with Crippen LogP contribution in [0.25, 0.3) is 20.8 Å². The number of para-hydroxylation sites is 1. The molecular weight excluding hydrogens is 372 g/mol. The van der Waals surface area contributed by atoms with E-state index in [1.165, 1.54) is 6.42 Å². The van der Waals surface area contributed by atoms with Crippen molar-refractivity contribution in [3.05, 3.63) is 42.0 Å². The number of rotatable bonds is 4. The maximum Gasteiger partial charge on any atom is 0.165 e. The molecule has 0 bridgehead atoms. The van der Waals surface area contributed by atoms with Crippen LogP contribution in [0, 0.1) is 5.92 Å². The summed E-state index contributed by atoms with van der Waals surface area (Å²) in [7, 11) is 0. The van der Waals surface area contributed by atoms with Crippen LogP contribution in [-0.2, 0) is 11.3 Å². The Kier molecular flexibility index (Phi) is 4.93. The molecule has 146 valence electrons. The summed E-state index contributed by atoms with van der Waals surface area (Å²) < 4.78 is 12.6. The molecule has 28 heavy (non-hydrogen) atoms. The zero-order chi connectivity index (χ0) is 18.9. The lowest BCUT2D eigenvalue weighted by Crippen LogP contribution is -2.28. The SMILES string of the molecule is Oc1cc(-c2nc3ccccc3s2)cc2c1OCCN(CC[C@H]1CCOC1)C2. The third-order valence-corrected chi connectivity index (χ3v) is 6.70. The molecule has 1 atom stereocenters. The largest absolute Gasteiger partial charge is 0.504 e. The number of phenolic OH excluding ortho intramolecular Hbond substituents is 1. The number of ether oxygens (including phenoxy) is 2. The summed E-state index contributed by atoms with van der Waals surface area (Å²) in [5.74, 6) is 1.50. The number of hydrogen-bond donors (Lipinski definition) is 1. The molecule has 0 radical (unpaired) electrons. The molecule has 0 saturated carbocycles. The zero-order valence-electron chi connectivity index (χ0n) is 15.8. The van der Waals surface area contributed by atoms with Crippen LogP contribution in [0.2, 0.25) is 0 Å². The number of hydrogen-bond acceptors (Lipinski definition) is 6. The van der Waals surface area contributed by atoms with Gasteiger partial charge in [0, 0.05) is 37.4 Å². The first kappa shape index (κ1) is 17.9. The fourth-order valence-electron chi connectivity index (χ4n) is 4.04. The molecular formula is C22H24N2O3S. The Labute approximate surface area is 168 Å². The molecule has 0 unspecified atom stereocenters. The Morgan fingerprint density at radius 3 is 3.00 bits per heavy atom. The summed E-state index contributed by atoms with van der Waals surface area (Å²) in [6.45, 7) is 5.08. The van der Waals surface area contributed by atoms with Crippen molar-refractivity contribution in [3.8, 4) is 22.1 Å². The molecule has 3 aromatic rings. The van der Waals surface area contributed by atoms with Gasteiger partial charge in [-0.25, -0.2) is 4.98 Å². The van der Waals surface area contributed by atoms with Gasteiger partial charge in [-0.2, -0.15) is 0 Å². The molecule has 1 fully saturated rings. The Morgan fingerprint density at radius 2 is 2.14 bits per heavy atom. The minimum absolute atomic E-state index is 0.206. The van der Waals surface area contributed by atoms with Crippen LogP contribution < -0.4 is 4.74 Å². The first-order valence-electron chi connectivity index (χ1n) is 9.91. The second kappa shape index (κ2) is 7.70. The number of fused-ring (bicyclic) bond motifs is 2. The van der Waals surface area contributed by atoms with Gasteiger partial charge < -0.3 is 14.6 Å². The van der Waals surface area contributed by atoms with Gasteiger partial charge in [-0.15, -0.1) is 11.3 Å².